The molecule has 1 aromatic carbocycles. The number of benzene rings is 1. The zero-order chi connectivity index (χ0) is 13.4. The van der Waals surface area contributed by atoms with Crippen LogP contribution in [-0.4, -0.2) is 36.3 Å². The highest BCUT2D eigenvalue weighted by Gasteiger charge is 2.17. The second-order valence-corrected chi connectivity index (χ2v) is 4.96. The smallest absolute Gasteiger partial charge is 0.227 e. The van der Waals surface area contributed by atoms with Crippen LogP contribution in [-0.2, 0) is 4.74 Å². The molecular weight excluding hydrogens is 292 g/mol. The molecule has 4 nitrogen and oxygen atoms in total. The van der Waals surface area contributed by atoms with Crippen LogP contribution in [0.4, 0.5) is 10.3 Å². The lowest BCUT2D eigenvalue weighted by Crippen LogP contribution is -2.37. The van der Waals surface area contributed by atoms with Crippen molar-refractivity contribution in [2.24, 2.45) is 0 Å². The highest BCUT2D eigenvalue weighted by molar-refractivity contribution is 6.38. The molecule has 0 unspecified atom stereocenters. The molecule has 100 valence electrons. The summed E-state index contributed by atoms with van der Waals surface area (Å²) in [5, 5.41) is 0.852. The van der Waals surface area contributed by atoms with Gasteiger partial charge in [0.15, 0.2) is 0 Å². The van der Waals surface area contributed by atoms with Gasteiger partial charge in [-0.1, -0.05) is 23.2 Å². The van der Waals surface area contributed by atoms with Crippen LogP contribution in [0, 0.1) is 5.82 Å². The van der Waals surface area contributed by atoms with Gasteiger partial charge in [0.05, 0.1) is 23.8 Å². The third-order valence-electron chi connectivity index (χ3n) is 2.95. The van der Waals surface area contributed by atoms with Crippen LogP contribution in [0.15, 0.2) is 12.1 Å². The Morgan fingerprint density at radius 1 is 1.16 bits per heavy atom. The first-order valence-electron chi connectivity index (χ1n) is 5.80. The summed E-state index contributed by atoms with van der Waals surface area (Å²) < 4.78 is 18.6. The first-order valence-corrected chi connectivity index (χ1v) is 6.56. The van der Waals surface area contributed by atoms with Gasteiger partial charge in [-0.2, -0.15) is 0 Å². The second kappa shape index (κ2) is 5.07. The van der Waals surface area contributed by atoms with Gasteiger partial charge in [0.2, 0.25) is 5.95 Å². The fourth-order valence-corrected chi connectivity index (χ4v) is 2.48. The van der Waals surface area contributed by atoms with Crippen LogP contribution < -0.4 is 4.90 Å². The summed E-state index contributed by atoms with van der Waals surface area (Å²) >= 11 is 12.1. The molecule has 0 saturated carbocycles. The van der Waals surface area contributed by atoms with Gasteiger partial charge in [0.1, 0.15) is 11.0 Å². The van der Waals surface area contributed by atoms with E-state index < -0.39 is 5.82 Å². The Balaban J connectivity index is 2.13. The number of nitrogens with zero attached hydrogens (tertiary/aromatic N) is 3. The molecule has 1 aliphatic heterocycles. The summed E-state index contributed by atoms with van der Waals surface area (Å²) in [6, 6.07) is 2.50. The minimum absolute atomic E-state index is 0.202. The lowest BCUT2D eigenvalue weighted by molar-refractivity contribution is 0.122. The second-order valence-electron chi connectivity index (χ2n) is 4.20. The molecule has 1 aliphatic rings. The number of ether oxygens (including phenoxy) is 1. The molecule has 0 amide bonds. The average Bonchev–Trinajstić information content (AvgIpc) is 2.41. The van der Waals surface area contributed by atoms with Crippen molar-refractivity contribution in [3.63, 3.8) is 0 Å². The molecule has 1 saturated heterocycles. The van der Waals surface area contributed by atoms with E-state index in [1.165, 1.54) is 12.1 Å². The van der Waals surface area contributed by atoms with Gasteiger partial charge in [-0.15, -0.1) is 0 Å². The summed E-state index contributed by atoms with van der Waals surface area (Å²) in [6.45, 7) is 2.63. The molecule has 1 aromatic heterocycles. The van der Waals surface area contributed by atoms with Crippen molar-refractivity contribution >= 4 is 40.1 Å². The molecule has 2 aromatic rings. The standard InChI is InChI=1S/C12H10Cl2FN3O/c13-9-6-7(15)5-8-10(9)16-12(17-11(8)14)18-1-3-19-4-2-18/h5-6H,1-4H2. The zero-order valence-corrected chi connectivity index (χ0v) is 11.4. The van der Waals surface area contributed by atoms with Gasteiger partial charge in [-0.25, -0.2) is 14.4 Å². The summed E-state index contributed by atoms with van der Waals surface area (Å²) in [6.07, 6.45) is 0. The Morgan fingerprint density at radius 2 is 1.89 bits per heavy atom. The van der Waals surface area contributed by atoms with E-state index in [9.17, 15) is 4.39 Å². The van der Waals surface area contributed by atoms with Gasteiger partial charge in [-0.3, -0.25) is 0 Å². The number of hydrogen-bond acceptors (Lipinski definition) is 4. The zero-order valence-electron chi connectivity index (χ0n) is 9.87. The minimum Gasteiger partial charge on any atom is -0.378 e. The van der Waals surface area contributed by atoms with Crippen molar-refractivity contribution < 1.29 is 9.13 Å². The molecule has 2 heterocycles. The van der Waals surface area contributed by atoms with Crippen LogP contribution in [0.5, 0.6) is 0 Å². The number of halogens is 3. The van der Waals surface area contributed by atoms with Crippen molar-refractivity contribution in [3.8, 4) is 0 Å². The Bertz CT molecular complexity index is 632. The van der Waals surface area contributed by atoms with Crippen molar-refractivity contribution in [2.75, 3.05) is 31.2 Å². The lowest BCUT2D eigenvalue weighted by Gasteiger charge is -2.27. The van der Waals surface area contributed by atoms with Crippen molar-refractivity contribution in [2.45, 2.75) is 0 Å². The van der Waals surface area contributed by atoms with Crippen molar-refractivity contribution in [1.29, 1.82) is 0 Å². The number of fused-ring (bicyclic) bond motifs is 1. The molecule has 0 atom stereocenters. The minimum atomic E-state index is -0.456. The lowest BCUT2D eigenvalue weighted by atomic mass is 10.2. The molecule has 0 spiro atoms. The van der Waals surface area contributed by atoms with E-state index in [1.807, 2.05) is 4.90 Å². The predicted octanol–water partition coefficient (Wildman–Crippen LogP) is 2.91. The Morgan fingerprint density at radius 3 is 2.63 bits per heavy atom. The molecular formula is C12H10Cl2FN3O. The maximum absolute atomic E-state index is 13.3. The van der Waals surface area contributed by atoms with Gasteiger partial charge >= 0.3 is 0 Å². The van der Waals surface area contributed by atoms with E-state index in [4.69, 9.17) is 27.9 Å². The Labute approximate surface area is 119 Å². The number of rotatable bonds is 1. The fraction of sp³-hybridized carbons (Fsp3) is 0.333. The van der Waals surface area contributed by atoms with Gasteiger partial charge < -0.3 is 9.64 Å². The van der Waals surface area contributed by atoms with Crippen molar-refractivity contribution in [3.05, 3.63) is 28.1 Å². The first kappa shape index (κ1) is 12.8. The largest absolute Gasteiger partial charge is 0.378 e. The molecule has 3 rings (SSSR count). The molecule has 19 heavy (non-hydrogen) atoms. The first-order chi connectivity index (χ1) is 9.15. The Kier molecular flexibility index (Phi) is 3.43. The fourth-order valence-electron chi connectivity index (χ4n) is 2.01. The summed E-state index contributed by atoms with van der Waals surface area (Å²) in [5.41, 5.74) is 0.463. The predicted molar refractivity (Wildman–Crippen MR) is 72.5 cm³/mol. The summed E-state index contributed by atoms with van der Waals surface area (Å²) in [7, 11) is 0. The molecule has 7 heteroatoms. The van der Waals surface area contributed by atoms with Crippen LogP contribution in [0.3, 0.4) is 0 Å². The summed E-state index contributed by atoms with van der Waals surface area (Å²) in [4.78, 5) is 10.5. The molecule has 0 aliphatic carbocycles. The molecule has 0 N–H and O–H groups in total. The summed E-state index contributed by atoms with van der Waals surface area (Å²) in [5.74, 6) is 0.0384. The van der Waals surface area contributed by atoms with Crippen LogP contribution in [0.1, 0.15) is 0 Å². The number of hydrogen-bond donors (Lipinski definition) is 0. The Hall–Kier alpha value is -1.17. The van der Waals surface area contributed by atoms with E-state index in [0.717, 1.165) is 0 Å². The highest BCUT2D eigenvalue weighted by Crippen LogP contribution is 2.29. The topological polar surface area (TPSA) is 38.2 Å². The van der Waals surface area contributed by atoms with Gasteiger partial charge in [-0.05, 0) is 12.1 Å². The van der Waals surface area contributed by atoms with E-state index in [2.05, 4.69) is 9.97 Å². The molecule has 0 bridgehead atoms. The van der Waals surface area contributed by atoms with Gasteiger partial charge in [0, 0.05) is 18.5 Å². The van der Waals surface area contributed by atoms with Gasteiger partial charge in [0.25, 0.3) is 0 Å². The third-order valence-corrected chi connectivity index (χ3v) is 3.53. The van der Waals surface area contributed by atoms with E-state index in [1.54, 1.807) is 0 Å². The van der Waals surface area contributed by atoms with Crippen LogP contribution in [0.25, 0.3) is 10.9 Å². The number of anilines is 1. The maximum Gasteiger partial charge on any atom is 0.227 e. The van der Waals surface area contributed by atoms with Crippen LogP contribution in [0.2, 0.25) is 10.2 Å². The third kappa shape index (κ3) is 2.45. The SMILES string of the molecule is Fc1cc(Cl)c2nc(N3CCOCC3)nc(Cl)c2c1. The maximum atomic E-state index is 13.3. The van der Waals surface area contributed by atoms with E-state index in [0.29, 0.717) is 43.2 Å². The molecule has 0 radical (unpaired) electrons. The number of morpholine rings is 1. The number of aromatic nitrogens is 2. The normalized spacial score (nSPS) is 16.1. The highest BCUT2D eigenvalue weighted by atomic mass is 35.5. The van der Waals surface area contributed by atoms with Crippen molar-refractivity contribution in [1.82, 2.24) is 9.97 Å². The quantitative estimate of drug-likeness (QED) is 0.759. The van der Waals surface area contributed by atoms with Crippen LogP contribution >= 0.6 is 23.2 Å². The van der Waals surface area contributed by atoms with E-state index in [-0.39, 0.29) is 10.2 Å². The monoisotopic (exact) mass is 301 g/mol. The van der Waals surface area contributed by atoms with E-state index >= 15 is 0 Å². The molecule has 1 fully saturated rings. The average molecular weight is 302 g/mol.